The van der Waals surface area contributed by atoms with Crippen molar-refractivity contribution in [1.29, 1.82) is 0 Å². The molecule has 1 amide bonds. The van der Waals surface area contributed by atoms with Gasteiger partial charge in [-0.1, -0.05) is 6.92 Å². The van der Waals surface area contributed by atoms with E-state index in [9.17, 15) is 19.7 Å². The van der Waals surface area contributed by atoms with Crippen LogP contribution >= 0.6 is 11.3 Å². The predicted octanol–water partition coefficient (Wildman–Crippen LogP) is 5.86. The minimum Gasteiger partial charge on any atom is -0.459 e. The van der Waals surface area contributed by atoms with E-state index in [1.807, 2.05) is 13.8 Å². The van der Waals surface area contributed by atoms with Gasteiger partial charge in [-0.05, 0) is 101 Å². The SMILES string of the molecule is CCC(C)OC(=O)c1c(NC(=O)c2nn(C34CC5CC(CC(C5)C3)C4)cc2[N+](=O)[O-])sc2c1CCCC2. The standard InChI is InChI=1S/C27H34N4O5S/c1-3-15(2)36-26(33)22-19-6-4-5-7-21(19)37-25(22)28-24(32)23-20(31(34)35)14-30(29-23)27-11-16-8-17(12-27)10-18(9-16)13-27/h14-18H,3-13H2,1-2H3,(H,28,32). The molecule has 2 heterocycles. The molecule has 4 saturated carbocycles. The second-order valence-electron chi connectivity index (χ2n) is 11.7. The van der Waals surface area contributed by atoms with Crippen molar-refractivity contribution in [2.45, 2.75) is 96.1 Å². The van der Waals surface area contributed by atoms with Crippen LogP contribution in [0.1, 0.15) is 103 Å². The molecule has 1 atom stereocenters. The van der Waals surface area contributed by atoms with Gasteiger partial charge in [0.25, 0.3) is 5.91 Å². The largest absolute Gasteiger partial charge is 0.459 e. The average Bonchev–Trinajstić information content (AvgIpc) is 3.46. The Morgan fingerprint density at radius 2 is 1.86 bits per heavy atom. The minimum absolute atomic E-state index is 0.187. The fraction of sp³-hybridized carbons (Fsp3) is 0.667. The lowest BCUT2D eigenvalue weighted by Crippen LogP contribution is -2.52. The molecule has 1 unspecified atom stereocenters. The summed E-state index contributed by atoms with van der Waals surface area (Å²) in [6.45, 7) is 3.79. The van der Waals surface area contributed by atoms with Gasteiger partial charge < -0.3 is 10.1 Å². The molecule has 0 aromatic carbocycles. The van der Waals surface area contributed by atoms with Crippen LogP contribution in [0.15, 0.2) is 6.20 Å². The van der Waals surface area contributed by atoms with Crippen LogP contribution in [-0.2, 0) is 23.1 Å². The summed E-state index contributed by atoms with van der Waals surface area (Å²) in [4.78, 5) is 39.2. The van der Waals surface area contributed by atoms with Crippen molar-refractivity contribution in [2.75, 3.05) is 5.32 Å². The quantitative estimate of drug-likeness (QED) is 0.274. The van der Waals surface area contributed by atoms with E-state index in [0.29, 0.717) is 34.7 Å². The average molecular weight is 527 g/mol. The van der Waals surface area contributed by atoms with Gasteiger partial charge in [-0.15, -0.1) is 11.3 Å². The van der Waals surface area contributed by atoms with Crippen LogP contribution in [0.25, 0.3) is 0 Å². The molecule has 9 nitrogen and oxygen atoms in total. The highest BCUT2D eigenvalue weighted by Crippen LogP contribution is 2.58. The van der Waals surface area contributed by atoms with Gasteiger partial charge in [0.2, 0.25) is 5.69 Å². The second-order valence-corrected chi connectivity index (χ2v) is 12.8. The maximum Gasteiger partial charge on any atom is 0.341 e. The minimum atomic E-state index is -0.647. The number of hydrogen-bond acceptors (Lipinski definition) is 7. The van der Waals surface area contributed by atoms with E-state index in [1.54, 1.807) is 4.68 Å². The Morgan fingerprint density at radius 3 is 2.49 bits per heavy atom. The molecule has 1 N–H and O–H groups in total. The van der Waals surface area contributed by atoms with Crippen molar-refractivity contribution >= 4 is 33.9 Å². The normalized spacial score (nSPS) is 28.5. The highest BCUT2D eigenvalue weighted by Gasteiger charge is 2.53. The maximum absolute atomic E-state index is 13.5. The van der Waals surface area contributed by atoms with Crippen LogP contribution in [0.5, 0.6) is 0 Å². The van der Waals surface area contributed by atoms with Gasteiger partial charge in [0, 0.05) is 4.88 Å². The number of rotatable bonds is 7. The number of nitrogens with one attached hydrogen (secondary N) is 1. The molecule has 4 bridgehead atoms. The van der Waals surface area contributed by atoms with E-state index in [4.69, 9.17) is 4.74 Å². The number of fused-ring (bicyclic) bond motifs is 1. The molecule has 5 aliphatic carbocycles. The number of amides is 1. The van der Waals surface area contributed by atoms with Gasteiger partial charge in [-0.25, -0.2) is 4.79 Å². The Morgan fingerprint density at radius 1 is 1.22 bits per heavy atom. The van der Waals surface area contributed by atoms with E-state index in [0.717, 1.165) is 55.4 Å². The van der Waals surface area contributed by atoms with Crippen LogP contribution in [-0.4, -0.2) is 32.7 Å². The first-order valence-corrected chi connectivity index (χ1v) is 14.5. The molecule has 0 aliphatic heterocycles. The number of carbonyl (C=O) groups excluding carboxylic acids is 2. The summed E-state index contributed by atoms with van der Waals surface area (Å²) in [7, 11) is 0. The third-order valence-corrected chi connectivity index (χ3v) is 10.3. The van der Waals surface area contributed by atoms with Crippen molar-refractivity contribution in [3.8, 4) is 0 Å². The Balaban J connectivity index is 1.32. The molecule has 0 saturated heterocycles. The van der Waals surface area contributed by atoms with Crippen molar-refractivity contribution < 1.29 is 19.2 Å². The highest BCUT2D eigenvalue weighted by atomic mass is 32.1. The fourth-order valence-corrected chi connectivity index (χ4v) is 8.88. The Hall–Kier alpha value is -2.75. The molecule has 0 radical (unpaired) electrons. The summed E-state index contributed by atoms with van der Waals surface area (Å²) in [6, 6.07) is 0. The number of ether oxygens (including phenoxy) is 1. The van der Waals surface area contributed by atoms with Crippen LogP contribution < -0.4 is 5.32 Å². The number of carbonyl (C=O) groups is 2. The highest BCUT2D eigenvalue weighted by molar-refractivity contribution is 7.17. The van der Waals surface area contributed by atoms with Gasteiger partial charge in [0.05, 0.1) is 22.1 Å². The van der Waals surface area contributed by atoms with Gasteiger partial charge >= 0.3 is 11.7 Å². The zero-order valence-corrected chi connectivity index (χ0v) is 22.3. The van der Waals surface area contributed by atoms with Crippen LogP contribution in [0.3, 0.4) is 0 Å². The predicted molar refractivity (Wildman–Crippen MR) is 139 cm³/mol. The Kier molecular flexibility index (Phi) is 6.12. The molecule has 4 fully saturated rings. The third kappa shape index (κ3) is 4.27. The summed E-state index contributed by atoms with van der Waals surface area (Å²) in [5.74, 6) is 0.832. The number of aryl methyl sites for hydroxylation is 1. The topological polar surface area (TPSA) is 116 Å². The molecular formula is C27H34N4O5S. The molecule has 5 aliphatic rings. The summed E-state index contributed by atoms with van der Waals surface area (Å²) in [6.07, 6.45) is 12.2. The summed E-state index contributed by atoms with van der Waals surface area (Å²) < 4.78 is 7.38. The third-order valence-electron chi connectivity index (χ3n) is 9.08. The van der Waals surface area contributed by atoms with Crippen molar-refractivity contribution in [2.24, 2.45) is 17.8 Å². The van der Waals surface area contributed by atoms with Gasteiger partial charge in [0.1, 0.15) is 11.2 Å². The van der Waals surface area contributed by atoms with E-state index in [1.165, 1.54) is 36.8 Å². The smallest absolute Gasteiger partial charge is 0.341 e. The number of thiophene rings is 1. The zero-order valence-electron chi connectivity index (χ0n) is 21.5. The first-order chi connectivity index (χ1) is 17.8. The molecule has 2 aromatic heterocycles. The zero-order chi connectivity index (χ0) is 25.9. The molecule has 10 heteroatoms. The Labute approximate surface area is 220 Å². The first kappa shape index (κ1) is 24.6. The van der Waals surface area contributed by atoms with Gasteiger partial charge in [-0.2, -0.15) is 5.10 Å². The number of esters is 1. The molecule has 0 spiro atoms. The molecular weight excluding hydrogens is 492 g/mol. The molecule has 2 aromatic rings. The van der Waals surface area contributed by atoms with E-state index in [-0.39, 0.29) is 23.0 Å². The summed E-state index contributed by atoms with van der Waals surface area (Å²) in [5, 5.41) is 19.8. The maximum atomic E-state index is 13.5. The Bertz CT molecular complexity index is 1230. The van der Waals surface area contributed by atoms with Gasteiger partial charge in [-0.3, -0.25) is 19.6 Å². The molecule has 7 rings (SSSR count). The van der Waals surface area contributed by atoms with E-state index in [2.05, 4.69) is 10.4 Å². The lowest BCUT2D eigenvalue weighted by Gasteiger charge is -2.56. The molecule has 198 valence electrons. The number of nitro groups is 1. The fourth-order valence-electron chi connectivity index (χ4n) is 7.61. The van der Waals surface area contributed by atoms with Crippen LogP contribution in [0, 0.1) is 27.9 Å². The van der Waals surface area contributed by atoms with Gasteiger partial charge in [0.15, 0.2) is 0 Å². The number of aromatic nitrogens is 2. The number of anilines is 1. The lowest BCUT2D eigenvalue weighted by molar-refractivity contribution is -0.385. The monoisotopic (exact) mass is 526 g/mol. The lowest BCUT2D eigenvalue weighted by atomic mass is 9.53. The second kappa shape index (κ2) is 9.22. The number of hydrogen-bond donors (Lipinski definition) is 1. The first-order valence-electron chi connectivity index (χ1n) is 13.7. The van der Waals surface area contributed by atoms with E-state index < -0.39 is 16.8 Å². The van der Waals surface area contributed by atoms with Crippen LogP contribution in [0.4, 0.5) is 10.7 Å². The van der Waals surface area contributed by atoms with E-state index >= 15 is 0 Å². The van der Waals surface area contributed by atoms with Crippen molar-refractivity contribution in [3.05, 3.63) is 38.0 Å². The summed E-state index contributed by atoms with van der Waals surface area (Å²) in [5.41, 5.74) is 0.641. The molecule has 37 heavy (non-hydrogen) atoms. The van der Waals surface area contributed by atoms with Crippen molar-refractivity contribution in [1.82, 2.24) is 9.78 Å². The number of nitrogens with zero attached hydrogens (tertiary/aromatic N) is 3. The van der Waals surface area contributed by atoms with Crippen molar-refractivity contribution in [3.63, 3.8) is 0 Å². The summed E-state index contributed by atoms with van der Waals surface area (Å²) >= 11 is 1.38. The van der Waals surface area contributed by atoms with Crippen LogP contribution in [0.2, 0.25) is 0 Å².